The Morgan fingerprint density at radius 3 is 2.12 bits per heavy atom. The Balaban J connectivity index is 0.00000187. The number of aromatic nitrogens is 1. The quantitative estimate of drug-likeness (QED) is 0.277. The maximum atomic E-state index is 6.65. The summed E-state index contributed by atoms with van der Waals surface area (Å²) in [5, 5.41) is 0.950. The van der Waals surface area contributed by atoms with Gasteiger partial charge in [0.25, 0.3) is 0 Å². The number of pyridine rings is 1. The van der Waals surface area contributed by atoms with Crippen LogP contribution in [0.3, 0.4) is 0 Å². The zero-order chi connectivity index (χ0) is 24.1. The van der Waals surface area contributed by atoms with E-state index in [9.17, 15) is 0 Å². The average Bonchev–Trinajstić information content (AvgIpc) is 2.86. The molecule has 1 aromatic heterocycles. The zero-order valence-electron chi connectivity index (χ0n) is 21.3. The SMILES string of the molecule is CC.CCCCC(C)(CCCC)Oc1ccnc2cc(OCc3ccccc3)c(OC)cc12. The predicted molar refractivity (Wildman–Crippen MR) is 138 cm³/mol. The number of fused-ring (bicyclic) bond motifs is 1. The molecule has 0 saturated heterocycles. The Morgan fingerprint density at radius 2 is 1.52 bits per heavy atom. The van der Waals surface area contributed by atoms with E-state index in [-0.39, 0.29) is 5.60 Å². The van der Waals surface area contributed by atoms with Crippen LogP contribution in [0.15, 0.2) is 54.7 Å². The van der Waals surface area contributed by atoms with E-state index >= 15 is 0 Å². The van der Waals surface area contributed by atoms with Crippen molar-refractivity contribution < 1.29 is 14.2 Å². The van der Waals surface area contributed by atoms with E-state index in [0.29, 0.717) is 18.1 Å². The monoisotopic (exact) mass is 451 g/mol. The summed E-state index contributed by atoms with van der Waals surface area (Å²) in [6.07, 6.45) is 8.54. The topological polar surface area (TPSA) is 40.6 Å². The van der Waals surface area contributed by atoms with Gasteiger partial charge in [-0.25, -0.2) is 0 Å². The van der Waals surface area contributed by atoms with E-state index in [0.717, 1.165) is 60.7 Å². The van der Waals surface area contributed by atoms with E-state index < -0.39 is 0 Å². The molecule has 180 valence electrons. The normalized spacial score (nSPS) is 11.0. The molecule has 0 aliphatic carbocycles. The molecule has 0 N–H and O–H groups in total. The largest absolute Gasteiger partial charge is 0.493 e. The number of benzene rings is 2. The van der Waals surface area contributed by atoms with Gasteiger partial charge < -0.3 is 14.2 Å². The molecule has 0 saturated carbocycles. The second-order valence-electron chi connectivity index (χ2n) is 8.36. The maximum Gasteiger partial charge on any atom is 0.163 e. The highest BCUT2D eigenvalue weighted by atomic mass is 16.5. The average molecular weight is 452 g/mol. The van der Waals surface area contributed by atoms with E-state index in [1.165, 1.54) is 0 Å². The van der Waals surface area contributed by atoms with Crippen molar-refractivity contribution in [2.24, 2.45) is 0 Å². The van der Waals surface area contributed by atoms with Gasteiger partial charge in [-0.15, -0.1) is 0 Å². The van der Waals surface area contributed by atoms with Crippen molar-refractivity contribution in [1.29, 1.82) is 0 Å². The van der Waals surface area contributed by atoms with Gasteiger partial charge in [0.1, 0.15) is 18.0 Å². The summed E-state index contributed by atoms with van der Waals surface area (Å²) in [7, 11) is 1.67. The van der Waals surface area contributed by atoms with E-state index in [1.54, 1.807) is 7.11 Å². The number of nitrogens with zero attached hydrogens (tertiary/aromatic N) is 1. The van der Waals surface area contributed by atoms with Crippen molar-refractivity contribution in [3.63, 3.8) is 0 Å². The van der Waals surface area contributed by atoms with Crippen molar-refractivity contribution in [2.45, 2.75) is 85.4 Å². The molecule has 3 aromatic rings. The van der Waals surface area contributed by atoms with Gasteiger partial charge in [-0.3, -0.25) is 4.98 Å². The third kappa shape index (κ3) is 7.66. The van der Waals surface area contributed by atoms with Gasteiger partial charge in [0, 0.05) is 17.6 Å². The fourth-order valence-electron chi connectivity index (χ4n) is 3.82. The molecule has 0 radical (unpaired) electrons. The molecule has 4 heteroatoms. The first-order valence-corrected chi connectivity index (χ1v) is 12.4. The molecule has 0 aliphatic heterocycles. The highest BCUT2D eigenvalue weighted by Crippen LogP contribution is 2.38. The lowest BCUT2D eigenvalue weighted by Gasteiger charge is -2.31. The predicted octanol–water partition coefficient (Wildman–Crippen LogP) is 8.37. The van der Waals surface area contributed by atoms with Gasteiger partial charge in [-0.1, -0.05) is 70.9 Å². The highest BCUT2D eigenvalue weighted by molar-refractivity contribution is 5.88. The molecule has 33 heavy (non-hydrogen) atoms. The lowest BCUT2D eigenvalue weighted by Crippen LogP contribution is -2.32. The summed E-state index contributed by atoms with van der Waals surface area (Å²) in [4.78, 5) is 4.57. The molecule has 2 aromatic carbocycles. The number of hydrogen-bond donors (Lipinski definition) is 0. The molecule has 0 bridgehead atoms. The number of hydrogen-bond acceptors (Lipinski definition) is 4. The molecule has 0 amide bonds. The third-order valence-electron chi connectivity index (χ3n) is 5.70. The van der Waals surface area contributed by atoms with E-state index in [4.69, 9.17) is 14.2 Å². The first kappa shape index (κ1) is 26.5. The van der Waals surface area contributed by atoms with Crippen LogP contribution in [-0.4, -0.2) is 17.7 Å². The number of ether oxygens (including phenoxy) is 3. The lowest BCUT2D eigenvalue weighted by molar-refractivity contribution is 0.0665. The number of unbranched alkanes of at least 4 members (excludes halogenated alkanes) is 2. The second-order valence-corrected chi connectivity index (χ2v) is 8.36. The zero-order valence-corrected chi connectivity index (χ0v) is 21.3. The fraction of sp³-hybridized carbons (Fsp3) is 0.483. The Hall–Kier alpha value is -2.75. The molecule has 0 aliphatic rings. The molecule has 0 atom stereocenters. The van der Waals surface area contributed by atoms with Crippen molar-refractivity contribution in [1.82, 2.24) is 4.98 Å². The first-order chi connectivity index (χ1) is 16.1. The third-order valence-corrected chi connectivity index (χ3v) is 5.70. The second kappa shape index (κ2) is 13.7. The summed E-state index contributed by atoms with van der Waals surface area (Å²) in [6.45, 7) is 11.2. The van der Waals surface area contributed by atoms with Crippen molar-refractivity contribution in [2.75, 3.05) is 7.11 Å². The molecular weight excluding hydrogens is 410 g/mol. The van der Waals surface area contributed by atoms with Gasteiger partial charge in [-0.2, -0.15) is 0 Å². The van der Waals surface area contributed by atoms with Crippen LogP contribution >= 0.6 is 0 Å². The summed E-state index contributed by atoms with van der Waals surface area (Å²) in [6, 6.07) is 16.0. The molecule has 1 heterocycles. The van der Waals surface area contributed by atoms with Crippen LogP contribution in [0.1, 0.15) is 78.7 Å². The highest BCUT2D eigenvalue weighted by Gasteiger charge is 2.26. The van der Waals surface area contributed by atoms with Crippen LogP contribution < -0.4 is 14.2 Å². The minimum Gasteiger partial charge on any atom is -0.493 e. The van der Waals surface area contributed by atoms with Gasteiger partial charge in [0.2, 0.25) is 0 Å². The van der Waals surface area contributed by atoms with E-state index in [2.05, 4.69) is 25.8 Å². The smallest absolute Gasteiger partial charge is 0.163 e. The Bertz CT molecular complexity index is 948. The Labute approximate surface area is 200 Å². The van der Waals surface area contributed by atoms with Crippen LogP contribution in [0.4, 0.5) is 0 Å². The van der Waals surface area contributed by atoms with Crippen LogP contribution in [0.25, 0.3) is 10.9 Å². The van der Waals surface area contributed by atoms with E-state index in [1.807, 2.05) is 68.6 Å². The molecule has 0 fully saturated rings. The van der Waals surface area contributed by atoms with Gasteiger partial charge in [0.15, 0.2) is 11.5 Å². The summed E-state index contributed by atoms with van der Waals surface area (Å²) < 4.78 is 18.4. The van der Waals surface area contributed by atoms with Crippen molar-refractivity contribution >= 4 is 10.9 Å². The molecule has 0 unspecified atom stereocenters. The van der Waals surface area contributed by atoms with Gasteiger partial charge >= 0.3 is 0 Å². The summed E-state index contributed by atoms with van der Waals surface area (Å²) in [5.74, 6) is 2.22. The first-order valence-electron chi connectivity index (χ1n) is 12.4. The summed E-state index contributed by atoms with van der Waals surface area (Å²) in [5.41, 5.74) is 1.77. The minimum atomic E-state index is -0.185. The number of methoxy groups -OCH3 is 1. The van der Waals surface area contributed by atoms with Crippen LogP contribution in [0.5, 0.6) is 17.2 Å². The minimum absolute atomic E-state index is 0.185. The Kier molecular flexibility index (Phi) is 11.0. The van der Waals surface area contributed by atoms with Gasteiger partial charge in [-0.05, 0) is 50.3 Å². The van der Waals surface area contributed by atoms with Crippen LogP contribution in [0.2, 0.25) is 0 Å². The van der Waals surface area contributed by atoms with Crippen LogP contribution in [0, 0.1) is 0 Å². The van der Waals surface area contributed by atoms with Gasteiger partial charge in [0.05, 0.1) is 12.6 Å². The van der Waals surface area contributed by atoms with Crippen molar-refractivity contribution in [3.8, 4) is 17.2 Å². The number of rotatable bonds is 12. The molecular formula is C29H41NO3. The molecule has 0 spiro atoms. The standard InChI is InChI=1S/C27H35NO3.C2H6/c1-5-7-15-27(3,16-8-6-2)31-24-14-17-28-23-19-26(25(29-4)18-22(23)24)30-20-21-12-10-9-11-13-21;1-2/h9-14,17-19H,5-8,15-16,20H2,1-4H3;1-2H3. The molecule has 3 rings (SSSR count). The molecule has 4 nitrogen and oxygen atoms in total. The lowest BCUT2D eigenvalue weighted by atomic mass is 9.92. The Morgan fingerprint density at radius 1 is 0.848 bits per heavy atom. The fourth-order valence-corrected chi connectivity index (χ4v) is 3.82. The summed E-state index contributed by atoms with van der Waals surface area (Å²) >= 11 is 0. The maximum absolute atomic E-state index is 6.65. The van der Waals surface area contributed by atoms with Crippen LogP contribution in [-0.2, 0) is 6.61 Å². The van der Waals surface area contributed by atoms with Crippen molar-refractivity contribution in [3.05, 3.63) is 60.3 Å².